The van der Waals surface area contributed by atoms with Gasteiger partial charge in [0.05, 0.1) is 0 Å². The lowest BCUT2D eigenvalue weighted by Gasteiger charge is -2.04. The Kier molecular flexibility index (Phi) is 4.95. The molecular formula is C17H14N2O4. The number of amides is 1. The third kappa shape index (κ3) is 4.58. The van der Waals surface area contributed by atoms with E-state index >= 15 is 0 Å². The van der Waals surface area contributed by atoms with Crippen molar-refractivity contribution in [2.45, 2.75) is 6.92 Å². The van der Waals surface area contributed by atoms with Crippen LogP contribution in [0.25, 0.3) is 0 Å². The number of nitrogens with zero attached hydrogens (tertiary/aromatic N) is 1. The number of nitrogens with one attached hydrogen (secondary N) is 1. The van der Waals surface area contributed by atoms with Crippen molar-refractivity contribution in [3.63, 3.8) is 0 Å². The summed E-state index contributed by atoms with van der Waals surface area (Å²) in [4.78, 5) is 25.9. The number of benzene rings is 1. The maximum absolute atomic E-state index is 11.7. The maximum atomic E-state index is 11.7. The molecule has 1 aromatic heterocycles. The molecule has 23 heavy (non-hydrogen) atoms. The van der Waals surface area contributed by atoms with Crippen LogP contribution in [0.4, 0.5) is 0 Å². The van der Waals surface area contributed by atoms with Gasteiger partial charge in [0, 0.05) is 17.3 Å². The molecule has 0 aliphatic heterocycles. The molecule has 6 nitrogen and oxygen atoms in total. The summed E-state index contributed by atoms with van der Waals surface area (Å²) in [5.74, 6) is 3.48. The highest BCUT2D eigenvalue weighted by Crippen LogP contribution is 2.15. The number of carbonyl (C=O) groups is 2. The number of carboxylic acids is 1. The third-order valence-corrected chi connectivity index (χ3v) is 2.85. The zero-order chi connectivity index (χ0) is 16.8. The molecule has 0 bridgehead atoms. The molecule has 116 valence electrons. The fourth-order valence-electron chi connectivity index (χ4n) is 1.80. The number of aryl methyl sites for hydroxylation is 1. The van der Waals surface area contributed by atoms with Crippen molar-refractivity contribution >= 4 is 11.9 Å². The fourth-order valence-corrected chi connectivity index (χ4v) is 1.80. The van der Waals surface area contributed by atoms with E-state index in [1.54, 1.807) is 0 Å². The Morgan fingerprint density at radius 1 is 1.22 bits per heavy atom. The largest absolute Gasteiger partial charge is 0.505 e. The van der Waals surface area contributed by atoms with Crippen molar-refractivity contribution in [2.24, 2.45) is 0 Å². The second kappa shape index (κ2) is 7.09. The molecule has 0 atom stereocenters. The first-order chi connectivity index (χ1) is 11.0. The number of aromatic hydroxyl groups is 1. The molecule has 2 aromatic rings. The van der Waals surface area contributed by atoms with Gasteiger partial charge in [-0.2, -0.15) is 0 Å². The van der Waals surface area contributed by atoms with Gasteiger partial charge in [0.15, 0.2) is 5.69 Å². The molecule has 1 aromatic carbocycles. The van der Waals surface area contributed by atoms with E-state index in [1.165, 1.54) is 12.3 Å². The minimum absolute atomic E-state index is 0.243. The van der Waals surface area contributed by atoms with Crippen molar-refractivity contribution in [2.75, 3.05) is 6.54 Å². The SMILES string of the molecule is Cc1cccc(C#Cc2cnc(C(=O)NCC(=O)O)c(O)c2)c1. The van der Waals surface area contributed by atoms with Crippen LogP contribution in [0.1, 0.15) is 27.2 Å². The molecule has 0 fully saturated rings. The normalized spacial score (nSPS) is 9.61. The summed E-state index contributed by atoms with van der Waals surface area (Å²) in [5, 5.41) is 20.5. The molecule has 0 radical (unpaired) electrons. The molecule has 1 amide bonds. The molecule has 3 N–H and O–H groups in total. The van der Waals surface area contributed by atoms with E-state index in [-0.39, 0.29) is 11.4 Å². The van der Waals surface area contributed by atoms with Crippen molar-refractivity contribution in [3.05, 3.63) is 58.9 Å². The second-order valence-corrected chi connectivity index (χ2v) is 4.79. The Morgan fingerprint density at radius 3 is 2.61 bits per heavy atom. The summed E-state index contributed by atoms with van der Waals surface area (Å²) in [6, 6.07) is 8.95. The summed E-state index contributed by atoms with van der Waals surface area (Å²) >= 11 is 0. The van der Waals surface area contributed by atoms with Crippen LogP contribution in [0.5, 0.6) is 5.75 Å². The van der Waals surface area contributed by atoms with Crippen LogP contribution in [-0.2, 0) is 4.79 Å². The van der Waals surface area contributed by atoms with Crippen molar-refractivity contribution in [1.29, 1.82) is 0 Å². The van der Waals surface area contributed by atoms with Gasteiger partial charge in [-0.1, -0.05) is 24.0 Å². The van der Waals surface area contributed by atoms with Gasteiger partial charge in [-0.3, -0.25) is 9.59 Å². The lowest BCUT2D eigenvalue weighted by atomic mass is 10.1. The molecule has 0 aliphatic rings. The van der Waals surface area contributed by atoms with Gasteiger partial charge in [-0.15, -0.1) is 0 Å². The van der Waals surface area contributed by atoms with Crippen molar-refractivity contribution in [3.8, 4) is 17.6 Å². The van der Waals surface area contributed by atoms with Crippen LogP contribution < -0.4 is 5.32 Å². The Hall–Kier alpha value is -3.33. The zero-order valence-electron chi connectivity index (χ0n) is 12.3. The van der Waals surface area contributed by atoms with Crippen LogP contribution in [0, 0.1) is 18.8 Å². The number of aliphatic carboxylic acids is 1. The lowest BCUT2D eigenvalue weighted by molar-refractivity contribution is -0.135. The number of hydrogen-bond donors (Lipinski definition) is 3. The van der Waals surface area contributed by atoms with Gasteiger partial charge < -0.3 is 15.5 Å². The highest BCUT2D eigenvalue weighted by Gasteiger charge is 2.13. The fraction of sp³-hybridized carbons (Fsp3) is 0.118. The minimum atomic E-state index is -1.18. The molecule has 0 spiro atoms. The first-order valence-corrected chi connectivity index (χ1v) is 6.73. The predicted molar refractivity (Wildman–Crippen MR) is 83.0 cm³/mol. The number of rotatable bonds is 3. The van der Waals surface area contributed by atoms with Crippen LogP contribution in [-0.4, -0.2) is 33.6 Å². The maximum Gasteiger partial charge on any atom is 0.322 e. The summed E-state index contributed by atoms with van der Waals surface area (Å²) in [5.41, 5.74) is 2.11. The third-order valence-electron chi connectivity index (χ3n) is 2.85. The molecular weight excluding hydrogens is 296 g/mol. The monoisotopic (exact) mass is 310 g/mol. The van der Waals surface area contributed by atoms with Crippen LogP contribution in [0.15, 0.2) is 36.5 Å². The van der Waals surface area contributed by atoms with Gasteiger partial charge >= 0.3 is 5.97 Å². The quantitative estimate of drug-likeness (QED) is 0.742. The van der Waals surface area contributed by atoms with E-state index < -0.39 is 18.4 Å². The number of hydrogen-bond acceptors (Lipinski definition) is 4. The van der Waals surface area contributed by atoms with Gasteiger partial charge in [-0.05, 0) is 30.7 Å². The molecule has 2 rings (SSSR count). The molecule has 0 saturated heterocycles. The smallest absolute Gasteiger partial charge is 0.322 e. The first kappa shape index (κ1) is 16.0. The summed E-state index contributed by atoms with van der Waals surface area (Å²) in [6.45, 7) is 1.41. The Balaban J connectivity index is 2.17. The van der Waals surface area contributed by atoms with Crippen molar-refractivity contribution < 1.29 is 19.8 Å². The predicted octanol–water partition coefficient (Wildman–Crippen LogP) is 1.31. The summed E-state index contributed by atoms with van der Waals surface area (Å²) < 4.78 is 0. The van der Waals surface area contributed by atoms with Crippen molar-refractivity contribution in [1.82, 2.24) is 10.3 Å². The molecule has 0 aliphatic carbocycles. The Morgan fingerprint density at radius 2 is 1.96 bits per heavy atom. The topological polar surface area (TPSA) is 99.5 Å². The average molecular weight is 310 g/mol. The van der Waals surface area contributed by atoms with Gasteiger partial charge in [-0.25, -0.2) is 4.98 Å². The highest BCUT2D eigenvalue weighted by molar-refractivity contribution is 5.96. The number of carbonyl (C=O) groups excluding carboxylic acids is 1. The average Bonchev–Trinajstić information content (AvgIpc) is 2.51. The molecule has 1 heterocycles. The zero-order valence-corrected chi connectivity index (χ0v) is 12.3. The van der Waals surface area contributed by atoms with E-state index in [1.807, 2.05) is 31.2 Å². The van der Waals surface area contributed by atoms with Crippen LogP contribution in [0.3, 0.4) is 0 Å². The molecule has 0 unspecified atom stereocenters. The van der Waals surface area contributed by atoms with Gasteiger partial charge in [0.2, 0.25) is 0 Å². The highest BCUT2D eigenvalue weighted by atomic mass is 16.4. The number of carboxylic acid groups (broad SMARTS) is 1. The van der Waals surface area contributed by atoms with Gasteiger partial charge in [0.25, 0.3) is 5.91 Å². The minimum Gasteiger partial charge on any atom is -0.505 e. The first-order valence-electron chi connectivity index (χ1n) is 6.73. The molecule has 0 saturated carbocycles. The number of pyridine rings is 1. The Labute approximate surface area is 132 Å². The van der Waals surface area contributed by atoms with Crippen LogP contribution >= 0.6 is 0 Å². The summed E-state index contributed by atoms with van der Waals surface area (Å²) in [7, 11) is 0. The van der Waals surface area contributed by atoms with E-state index in [2.05, 4.69) is 22.1 Å². The van der Waals surface area contributed by atoms with E-state index in [0.717, 1.165) is 11.1 Å². The van der Waals surface area contributed by atoms with E-state index in [0.29, 0.717) is 5.56 Å². The number of aromatic nitrogens is 1. The van der Waals surface area contributed by atoms with E-state index in [4.69, 9.17) is 5.11 Å². The summed E-state index contributed by atoms with van der Waals surface area (Å²) in [6.07, 6.45) is 1.35. The standard InChI is InChI=1S/C17H14N2O4/c1-11-3-2-4-12(7-11)5-6-13-8-14(20)16(18-9-13)17(23)19-10-15(21)22/h2-4,7-9,20H,10H2,1H3,(H,19,23)(H,21,22). The van der Waals surface area contributed by atoms with Gasteiger partial charge in [0.1, 0.15) is 12.3 Å². The lowest BCUT2D eigenvalue weighted by Crippen LogP contribution is -2.29. The molecule has 6 heteroatoms. The van der Waals surface area contributed by atoms with E-state index in [9.17, 15) is 14.7 Å². The Bertz CT molecular complexity index is 819. The van der Waals surface area contributed by atoms with Crippen LogP contribution in [0.2, 0.25) is 0 Å². The second-order valence-electron chi connectivity index (χ2n) is 4.79.